The molecule has 0 saturated carbocycles. The van der Waals surface area contributed by atoms with E-state index in [1.54, 1.807) is 17.5 Å². The summed E-state index contributed by atoms with van der Waals surface area (Å²) in [5.41, 5.74) is 2.35. The van der Waals surface area contributed by atoms with Crippen molar-refractivity contribution in [2.45, 2.75) is 32.4 Å². The second-order valence-electron chi connectivity index (χ2n) is 6.24. The Bertz CT molecular complexity index is 864. The van der Waals surface area contributed by atoms with Gasteiger partial charge in [-0.25, -0.2) is 9.97 Å². The van der Waals surface area contributed by atoms with Crippen LogP contribution in [0.3, 0.4) is 0 Å². The largest absolute Gasteiger partial charge is 0.371 e. The molecule has 3 aromatic heterocycles. The van der Waals surface area contributed by atoms with Crippen LogP contribution in [0.5, 0.6) is 0 Å². The van der Waals surface area contributed by atoms with Crippen LogP contribution < -0.4 is 4.90 Å². The summed E-state index contributed by atoms with van der Waals surface area (Å²) in [4.78, 5) is 16.9. The highest BCUT2D eigenvalue weighted by Crippen LogP contribution is 2.37. The molecular weight excluding hydrogens is 320 g/mol. The molecule has 0 aromatic carbocycles. The molecule has 2 atom stereocenters. The Labute approximate surface area is 145 Å². The van der Waals surface area contributed by atoms with Crippen LogP contribution in [0, 0.1) is 13.8 Å². The number of fused-ring (bicyclic) bond motifs is 1. The van der Waals surface area contributed by atoms with Crippen LogP contribution in [0.25, 0.3) is 10.2 Å². The van der Waals surface area contributed by atoms with Gasteiger partial charge in [-0.15, -0.1) is 11.3 Å². The minimum atomic E-state index is 0.0213. The highest BCUT2D eigenvalue weighted by Gasteiger charge is 2.34. The van der Waals surface area contributed by atoms with Crippen molar-refractivity contribution in [3.8, 4) is 0 Å². The molecule has 0 aliphatic carbocycles. The summed E-state index contributed by atoms with van der Waals surface area (Å²) in [5.74, 6) is 1.81. The fourth-order valence-corrected chi connectivity index (χ4v) is 4.38. The lowest BCUT2D eigenvalue weighted by Gasteiger charge is -2.30. The summed E-state index contributed by atoms with van der Waals surface area (Å²) < 4.78 is 6.03. The number of aromatic nitrogens is 3. The normalized spacial score (nSPS) is 20.6. The van der Waals surface area contributed by atoms with Gasteiger partial charge in [-0.1, -0.05) is 6.07 Å². The summed E-state index contributed by atoms with van der Waals surface area (Å²) in [6.07, 6.45) is 4.69. The smallest absolute Gasteiger partial charge is 0.141 e. The fraction of sp³-hybridized carbons (Fsp3) is 0.389. The molecule has 1 aliphatic rings. The van der Waals surface area contributed by atoms with Crippen LogP contribution in [-0.2, 0) is 4.74 Å². The van der Waals surface area contributed by atoms with Gasteiger partial charge in [0.15, 0.2) is 0 Å². The van der Waals surface area contributed by atoms with E-state index in [0.717, 1.165) is 40.5 Å². The molecule has 0 spiro atoms. The summed E-state index contributed by atoms with van der Waals surface area (Å²) in [7, 11) is 2.11. The molecule has 3 aromatic rings. The van der Waals surface area contributed by atoms with Crippen LogP contribution in [0.4, 0.5) is 5.82 Å². The standard InChI is InChI=1S/C18H20N4OS/c1-11-10-24-18-15(11)17(20-12(2)21-18)22(3)14-6-8-23-16(14)13-5-4-7-19-9-13/h4-5,7,9-10,14,16H,6,8H2,1-3H3/t14-,16+/m0/s1. The molecule has 1 fully saturated rings. The number of thiophene rings is 1. The third-order valence-electron chi connectivity index (χ3n) is 4.62. The minimum Gasteiger partial charge on any atom is -0.371 e. The summed E-state index contributed by atoms with van der Waals surface area (Å²) in [6.45, 7) is 4.83. The Morgan fingerprint density at radius 2 is 2.17 bits per heavy atom. The quantitative estimate of drug-likeness (QED) is 0.728. The van der Waals surface area contributed by atoms with Gasteiger partial charge in [-0.3, -0.25) is 4.98 Å². The zero-order valence-electron chi connectivity index (χ0n) is 14.1. The number of likely N-dealkylation sites (N-methyl/N-ethyl adjacent to an activating group) is 1. The molecule has 5 nitrogen and oxygen atoms in total. The van der Waals surface area contributed by atoms with Gasteiger partial charge in [0.1, 0.15) is 22.6 Å². The van der Waals surface area contributed by atoms with E-state index >= 15 is 0 Å². The summed E-state index contributed by atoms with van der Waals surface area (Å²) in [6, 6.07) is 4.29. The predicted octanol–water partition coefficient (Wildman–Crippen LogP) is 3.67. The van der Waals surface area contributed by atoms with Crippen molar-refractivity contribution in [2.24, 2.45) is 0 Å². The number of pyridine rings is 1. The average molecular weight is 340 g/mol. The van der Waals surface area contributed by atoms with Gasteiger partial charge in [0.05, 0.1) is 11.4 Å². The first-order valence-electron chi connectivity index (χ1n) is 8.12. The van der Waals surface area contributed by atoms with E-state index in [4.69, 9.17) is 9.72 Å². The maximum absolute atomic E-state index is 6.03. The van der Waals surface area contributed by atoms with Crippen LogP contribution >= 0.6 is 11.3 Å². The van der Waals surface area contributed by atoms with E-state index < -0.39 is 0 Å². The number of hydrogen-bond acceptors (Lipinski definition) is 6. The predicted molar refractivity (Wildman–Crippen MR) is 96.6 cm³/mol. The van der Waals surface area contributed by atoms with Crippen molar-refractivity contribution in [3.05, 3.63) is 46.9 Å². The van der Waals surface area contributed by atoms with Crippen molar-refractivity contribution >= 4 is 27.4 Å². The lowest BCUT2D eigenvalue weighted by atomic mass is 10.0. The van der Waals surface area contributed by atoms with E-state index in [1.807, 2.05) is 19.2 Å². The first kappa shape index (κ1) is 15.5. The van der Waals surface area contributed by atoms with Gasteiger partial charge in [0, 0.05) is 31.6 Å². The number of hydrogen-bond donors (Lipinski definition) is 0. The molecule has 1 saturated heterocycles. The van der Waals surface area contributed by atoms with Crippen LogP contribution in [0.2, 0.25) is 0 Å². The number of rotatable bonds is 3. The molecule has 0 amide bonds. The van der Waals surface area contributed by atoms with Gasteiger partial charge >= 0.3 is 0 Å². The molecule has 4 heterocycles. The SMILES string of the molecule is Cc1nc(N(C)[C@H]2CCO[C@@H]2c2cccnc2)c2c(C)csc2n1. The first-order chi connectivity index (χ1) is 11.6. The molecule has 0 bridgehead atoms. The Morgan fingerprint density at radius 3 is 2.96 bits per heavy atom. The topological polar surface area (TPSA) is 51.1 Å². The highest BCUT2D eigenvalue weighted by molar-refractivity contribution is 7.17. The highest BCUT2D eigenvalue weighted by atomic mass is 32.1. The lowest BCUT2D eigenvalue weighted by molar-refractivity contribution is 0.104. The molecule has 24 heavy (non-hydrogen) atoms. The van der Waals surface area contributed by atoms with Crippen molar-refractivity contribution in [1.82, 2.24) is 15.0 Å². The Morgan fingerprint density at radius 1 is 1.29 bits per heavy atom. The number of nitrogens with zero attached hydrogens (tertiary/aromatic N) is 4. The van der Waals surface area contributed by atoms with Crippen molar-refractivity contribution in [3.63, 3.8) is 0 Å². The Kier molecular flexibility index (Phi) is 3.94. The van der Waals surface area contributed by atoms with Crippen LogP contribution in [0.15, 0.2) is 29.9 Å². The summed E-state index contributed by atoms with van der Waals surface area (Å²) in [5, 5.41) is 3.31. The number of anilines is 1. The zero-order chi connectivity index (χ0) is 16.7. The van der Waals surface area contributed by atoms with E-state index in [9.17, 15) is 0 Å². The average Bonchev–Trinajstić information content (AvgIpc) is 3.22. The van der Waals surface area contributed by atoms with E-state index in [0.29, 0.717) is 0 Å². The van der Waals surface area contributed by atoms with Crippen LogP contribution in [-0.4, -0.2) is 34.6 Å². The molecule has 0 unspecified atom stereocenters. The van der Waals surface area contributed by atoms with E-state index in [-0.39, 0.29) is 12.1 Å². The molecule has 6 heteroatoms. The third kappa shape index (κ3) is 2.56. The number of ether oxygens (including phenoxy) is 1. The van der Waals surface area contributed by atoms with Gasteiger partial charge in [0.25, 0.3) is 0 Å². The maximum Gasteiger partial charge on any atom is 0.141 e. The van der Waals surface area contributed by atoms with Gasteiger partial charge < -0.3 is 9.64 Å². The van der Waals surface area contributed by atoms with Crippen molar-refractivity contribution in [1.29, 1.82) is 0 Å². The van der Waals surface area contributed by atoms with Gasteiger partial charge in [-0.2, -0.15) is 0 Å². The molecule has 4 rings (SSSR count). The Balaban J connectivity index is 1.76. The van der Waals surface area contributed by atoms with E-state index in [1.165, 1.54) is 5.56 Å². The van der Waals surface area contributed by atoms with Gasteiger partial charge in [0.2, 0.25) is 0 Å². The van der Waals surface area contributed by atoms with E-state index in [2.05, 4.69) is 40.3 Å². The first-order valence-corrected chi connectivity index (χ1v) is 9.00. The lowest BCUT2D eigenvalue weighted by Crippen LogP contribution is -2.35. The summed E-state index contributed by atoms with van der Waals surface area (Å²) >= 11 is 1.68. The zero-order valence-corrected chi connectivity index (χ0v) is 14.9. The van der Waals surface area contributed by atoms with Crippen molar-refractivity contribution in [2.75, 3.05) is 18.6 Å². The monoisotopic (exact) mass is 340 g/mol. The molecule has 124 valence electrons. The second kappa shape index (κ2) is 6.11. The Hall–Kier alpha value is -2.05. The molecule has 0 N–H and O–H groups in total. The van der Waals surface area contributed by atoms with Crippen molar-refractivity contribution < 1.29 is 4.74 Å². The molecule has 1 aliphatic heterocycles. The van der Waals surface area contributed by atoms with Crippen LogP contribution in [0.1, 0.15) is 29.5 Å². The minimum absolute atomic E-state index is 0.0213. The van der Waals surface area contributed by atoms with Gasteiger partial charge in [-0.05, 0) is 37.3 Å². The second-order valence-corrected chi connectivity index (χ2v) is 7.10. The number of aryl methyl sites for hydroxylation is 2. The maximum atomic E-state index is 6.03. The fourth-order valence-electron chi connectivity index (χ4n) is 3.42. The molecule has 0 radical (unpaired) electrons. The third-order valence-corrected chi connectivity index (χ3v) is 5.61. The molecular formula is C18H20N4OS.